The van der Waals surface area contributed by atoms with Crippen LogP contribution in [0.3, 0.4) is 0 Å². The van der Waals surface area contributed by atoms with E-state index in [0.29, 0.717) is 6.07 Å². The molecule has 0 aliphatic carbocycles. The summed E-state index contributed by atoms with van der Waals surface area (Å²) in [6.45, 7) is 3.43. The first-order chi connectivity index (χ1) is 14.4. The third kappa shape index (κ3) is 6.71. The topological polar surface area (TPSA) is 123 Å². The summed E-state index contributed by atoms with van der Waals surface area (Å²) in [5, 5.41) is 15.2. The number of nitrogens with one attached hydrogen (secondary N) is 3. The van der Waals surface area contributed by atoms with E-state index in [1.165, 1.54) is 30.3 Å². The molecular formula is C19H18F3N5O3S. The van der Waals surface area contributed by atoms with E-state index in [2.05, 4.69) is 20.6 Å². The highest BCUT2D eigenvalue weighted by Gasteiger charge is 2.30. The lowest BCUT2D eigenvalue weighted by Gasteiger charge is -2.11. The summed E-state index contributed by atoms with van der Waals surface area (Å²) in [5.41, 5.74) is 1.10. The Bertz CT molecular complexity index is 1120. The number of halogens is 3. The van der Waals surface area contributed by atoms with Gasteiger partial charge >= 0.3 is 6.18 Å². The highest BCUT2D eigenvalue weighted by molar-refractivity contribution is 7.92. The predicted octanol–water partition coefficient (Wildman–Crippen LogP) is 3.32. The number of nitriles is 1. The van der Waals surface area contributed by atoms with Gasteiger partial charge in [0.05, 0.1) is 16.1 Å². The van der Waals surface area contributed by atoms with Gasteiger partial charge in [-0.1, -0.05) is 6.07 Å². The van der Waals surface area contributed by atoms with E-state index in [9.17, 15) is 26.4 Å². The van der Waals surface area contributed by atoms with Crippen LogP contribution in [0.2, 0.25) is 0 Å². The number of hydrogen-bond donors (Lipinski definition) is 3. The summed E-state index contributed by atoms with van der Waals surface area (Å²) < 4.78 is 65.4. The molecular weight excluding hydrogens is 435 g/mol. The number of anilines is 2. The van der Waals surface area contributed by atoms with Crippen LogP contribution in [-0.2, 0) is 21.0 Å². The maximum absolute atomic E-state index is 12.8. The van der Waals surface area contributed by atoms with Crippen molar-refractivity contribution in [2.24, 2.45) is 5.10 Å². The van der Waals surface area contributed by atoms with Gasteiger partial charge in [0.15, 0.2) is 0 Å². The molecule has 164 valence electrons. The zero-order valence-corrected chi connectivity index (χ0v) is 17.2. The summed E-state index contributed by atoms with van der Waals surface area (Å²) in [4.78, 5) is 11.6. The van der Waals surface area contributed by atoms with Gasteiger partial charge in [0.2, 0.25) is 5.71 Å². The van der Waals surface area contributed by atoms with E-state index in [0.717, 1.165) is 12.1 Å². The molecule has 0 radical (unpaired) electrons. The van der Waals surface area contributed by atoms with Crippen molar-refractivity contribution >= 4 is 33.0 Å². The Hall–Kier alpha value is -3.59. The summed E-state index contributed by atoms with van der Waals surface area (Å²) in [5.74, 6) is -0.672. The fourth-order valence-electron chi connectivity index (χ4n) is 2.26. The molecule has 2 aromatic carbocycles. The van der Waals surface area contributed by atoms with E-state index in [-0.39, 0.29) is 22.3 Å². The average Bonchev–Trinajstić information content (AvgIpc) is 2.67. The number of nitrogens with zero attached hydrogens (tertiary/aromatic N) is 2. The molecule has 2 rings (SSSR count). The number of rotatable bonds is 7. The van der Waals surface area contributed by atoms with Crippen LogP contribution in [0.15, 0.2) is 58.5 Å². The monoisotopic (exact) mass is 453 g/mol. The first-order valence-electron chi connectivity index (χ1n) is 8.77. The third-order valence-electron chi connectivity index (χ3n) is 3.64. The lowest BCUT2D eigenvalue weighted by atomic mass is 10.2. The molecule has 0 aliphatic rings. The highest BCUT2D eigenvalue weighted by Crippen LogP contribution is 2.31. The van der Waals surface area contributed by atoms with E-state index in [1.807, 2.05) is 0 Å². The van der Waals surface area contributed by atoms with Crippen molar-refractivity contribution in [2.45, 2.75) is 31.0 Å². The Morgan fingerprint density at radius 2 is 1.74 bits per heavy atom. The van der Waals surface area contributed by atoms with E-state index < -0.39 is 33.4 Å². The van der Waals surface area contributed by atoms with Crippen molar-refractivity contribution in [1.82, 2.24) is 5.32 Å². The predicted molar refractivity (Wildman–Crippen MR) is 109 cm³/mol. The van der Waals surface area contributed by atoms with Crippen molar-refractivity contribution in [3.05, 3.63) is 54.1 Å². The molecule has 0 atom stereocenters. The fraction of sp³-hybridized carbons (Fsp3) is 0.211. The maximum Gasteiger partial charge on any atom is 0.416 e. The van der Waals surface area contributed by atoms with Crippen LogP contribution >= 0.6 is 0 Å². The van der Waals surface area contributed by atoms with Gasteiger partial charge in [-0.25, -0.2) is 8.42 Å². The molecule has 0 aromatic heterocycles. The standard InChI is InChI=1S/C19H18F3N5O3S/c1-12(2)24-18(28)17(11-23)26-25-14-6-8-16(9-7-14)31(29,30)27-15-5-3-4-13(10-15)19(20,21)22/h3-10,12,25,27H,1-2H3,(H,24,28). The molecule has 0 saturated carbocycles. The van der Waals surface area contributed by atoms with Gasteiger partial charge in [-0.2, -0.15) is 23.5 Å². The molecule has 2 aromatic rings. The SMILES string of the molecule is CC(C)NC(=O)C(C#N)=NNc1ccc(S(=O)(=O)Nc2cccc(C(F)(F)F)c2)cc1. The van der Waals surface area contributed by atoms with E-state index in [4.69, 9.17) is 5.26 Å². The minimum atomic E-state index is -4.61. The second kappa shape index (κ2) is 9.48. The quantitative estimate of drug-likeness (QED) is 0.438. The number of sulfonamides is 1. The molecule has 0 spiro atoms. The smallest absolute Gasteiger partial charge is 0.348 e. The average molecular weight is 453 g/mol. The lowest BCUT2D eigenvalue weighted by molar-refractivity contribution is -0.137. The van der Waals surface area contributed by atoms with Gasteiger partial charge in [-0.15, -0.1) is 0 Å². The molecule has 3 N–H and O–H groups in total. The van der Waals surface area contributed by atoms with Crippen LogP contribution in [0.25, 0.3) is 0 Å². The van der Waals surface area contributed by atoms with Crippen LogP contribution in [0.1, 0.15) is 19.4 Å². The number of amides is 1. The minimum absolute atomic E-state index is 0.195. The van der Waals surface area contributed by atoms with Crippen LogP contribution in [-0.4, -0.2) is 26.1 Å². The molecule has 0 aliphatic heterocycles. The van der Waals surface area contributed by atoms with Crippen molar-refractivity contribution < 1.29 is 26.4 Å². The number of hydrazone groups is 1. The normalized spacial score (nSPS) is 12.2. The zero-order chi connectivity index (χ0) is 23.2. The summed E-state index contributed by atoms with van der Waals surface area (Å²) in [6.07, 6.45) is -4.61. The Morgan fingerprint density at radius 1 is 1.10 bits per heavy atom. The first kappa shape index (κ1) is 23.7. The molecule has 31 heavy (non-hydrogen) atoms. The lowest BCUT2D eigenvalue weighted by Crippen LogP contribution is -2.35. The van der Waals surface area contributed by atoms with Gasteiger partial charge in [-0.3, -0.25) is 14.9 Å². The van der Waals surface area contributed by atoms with Gasteiger partial charge in [0, 0.05) is 11.7 Å². The number of carbonyl (C=O) groups excluding carboxylic acids is 1. The minimum Gasteiger partial charge on any atom is -0.348 e. The number of carbonyl (C=O) groups is 1. The highest BCUT2D eigenvalue weighted by atomic mass is 32.2. The maximum atomic E-state index is 12.8. The number of hydrogen-bond acceptors (Lipinski definition) is 6. The Morgan fingerprint density at radius 3 is 2.29 bits per heavy atom. The number of alkyl halides is 3. The molecule has 12 heteroatoms. The molecule has 0 fully saturated rings. The van der Waals surface area contributed by atoms with Gasteiger partial charge in [0.25, 0.3) is 15.9 Å². The van der Waals surface area contributed by atoms with Crippen LogP contribution < -0.4 is 15.5 Å². The van der Waals surface area contributed by atoms with Crippen LogP contribution in [0.4, 0.5) is 24.5 Å². The van der Waals surface area contributed by atoms with E-state index in [1.54, 1.807) is 19.9 Å². The molecule has 8 nitrogen and oxygen atoms in total. The van der Waals surface area contributed by atoms with Gasteiger partial charge < -0.3 is 5.32 Å². The van der Waals surface area contributed by atoms with Crippen LogP contribution in [0.5, 0.6) is 0 Å². The Kier molecular flexibility index (Phi) is 7.24. The summed E-state index contributed by atoms with van der Waals surface area (Å²) in [7, 11) is -4.15. The Balaban J connectivity index is 2.14. The molecule has 0 bridgehead atoms. The van der Waals surface area contributed by atoms with Crippen LogP contribution in [0, 0.1) is 11.3 Å². The second-order valence-corrected chi connectivity index (χ2v) is 8.20. The molecule has 1 amide bonds. The molecule has 0 heterocycles. The largest absolute Gasteiger partial charge is 0.416 e. The van der Waals surface area contributed by atoms with Crippen molar-refractivity contribution in [3.63, 3.8) is 0 Å². The van der Waals surface area contributed by atoms with Crippen molar-refractivity contribution in [2.75, 3.05) is 10.1 Å². The molecule has 0 unspecified atom stereocenters. The van der Waals surface area contributed by atoms with Gasteiger partial charge in [0.1, 0.15) is 6.07 Å². The van der Waals surface area contributed by atoms with Crippen molar-refractivity contribution in [1.29, 1.82) is 5.26 Å². The van der Waals surface area contributed by atoms with Crippen molar-refractivity contribution in [3.8, 4) is 6.07 Å². The van der Waals surface area contributed by atoms with Gasteiger partial charge in [-0.05, 0) is 56.3 Å². The Labute approximate surface area is 176 Å². The molecule has 0 saturated heterocycles. The second-order valence-electron chi connectivity index (χ2n) is 6.52. The fourth-order valence-corrected chi connectivity index (χ4v) is 3.31. The third-order valence-corrected chi connectivity index (χ3v) is 5.04. The summed E-state index contributed by atoms with van der Waals surface area (Å²) >= 11 is 0. The van der Waals surface area contributed by atoms with E-state index >= 15 is 0 Å². The number of benzene rings is 2. The zero-order valence-electron chi connectivity index (χ0n) is 16.4. The first-order valence-corrected chi connectivity index (χ1v) is 10.3. The summed E-state index contributed by atoms with van der Waals surface area (Å²) in [6, 6.07) is 10.3.